The van der Waals surface area contributed by atoms with E-state index in [4.69, 9.17) is 14.0 Å². The van der Waals surface area contributed by atoms with Crippen LogP contribution in [0.4, 0.5) is 5.00 Å². The summed E-state index contributed by atoms with van der Waals surface area (Å²) < 4.78 is 16.5. The summed E-state index contributed by atoms with van der Waals surface area (Å²) in [7, 11) is 2.91. The lowest BCUT2D eigenvalue weighted by molar-refractivity contribution is -0.705. The highest BCUT2D eigenvalue weighted by atomic mass is 32.2. The molecule has 12 heteroatoms. The number of ether oxygens (including phenoxy) is 2. The fourth-order valence-corrected chi connectivity index (χ4v) is 6.71. The van der Waals surface area contributed by atoms with Crippen molar-refractivity contribution in [3.05, 3.63) is 76.2 Å². The first-order valence-corrected chi connectivity index (χ1v) is 14.4. The summed E-state index contributed by atoms with van der Waals surface area (Å²) >= 11 is 2.59. The maximum absolute atomic E-state index is 12.9. The van der Waals surface area contributed by atoms with Gasteiger partial charge in [-0.3, -0.25) is 9.69 Å². The van der Waals surface area contributed by atoms with E-state index in [2.05, 4.69) is 27.6 Å². The number of rotatable bonds is 10. The number of nitrogens with zero attached hydrogens (tertiary/aromatic N) is 3. The van der Waals surface area contributed by atoms with Crippen LogP contribution in [-0.4, -0.2) is 48.6 Å². The van der Waals surface area contributed by atoms with Gasteiger partial charge in [-0.2, -0.15) is 0 Å². The summed E-state index contributed by atoms with van der Waals surface area (Å²) in [5.74, 6) is -0.328. The van der Waals surface area contributed by atoms with Crippen molar-refractivity contribution < 1.29 is 33.4 Å². The summed E-state index contributed by atoms with van der Waals surface area (Å²) in [5.41, 5.74) is 3.23. The number of amides is 1. The van der Waals surface area contributed by atoms with Crippen molar-refractivity contribution in [1.82, 2.24) is 10.2 Å². The second kappa shape index (κ2) is 12.5. The van der Waals surface area contributed by atoms with Crippen molar-refractivity contribution in [2.24, 2.45) is 0 Å². The topological polar surface area (TPSA) is 121 Å². The minimum atomic E-state index is -0.583. The lowest BCUT2D eigenvalue weighted by atomic mass is 10.0. The van der Waals surface area contributed by atoms with Gasteiger partial charge >= 0.3 is 5.97 Å². The number of esters is 1. The molecule has 0 radical (unpaired) electrons. The Kier molecular flexibility index (Phi) is 8.68. The number of hydrogen-bond donors (Lipinski definition) is 1. The third kappa shape index (κ3) is 6.14. The van der Waals surface area contributed by atoms with Crippen LogP contribution >= 0.6 is 23.1 Å². The molecule has 1 amide bonds. The van der Waals surface area contributed by atoms with Crippen LogP contribution in [0.1, 0.15) is 32.8 Å². The Labute approximate surface area is 239 Å². The molecule has 208 valence electrons. The molecule has 4 aromatic rings. The van der Waals surface area contributed by atoms with E-state index in [1.807, 2.05) is 18.2 Å². The second-order valence-electron chi connectivity index (χ2n) is 9.07. The molecule has 1 aliphatic heterocycles. The average Bonchev–Trinajstić information content (AvgIpc) is 3.52. The molecule has 1 aliphatic rings. The van der Waals surface area contributed by atoms with Gasteiger partial charge in [0.05, 0.1) is 25.1 Å². The molecule has 0 fully saturated rings. The van der Waals surface area contributed by atoms with Crippen LogP contribution in [0.15, 0.2) is 64.1 Å². The third-order valence-electron chi connectivity index (χ3n) is 6.48. The first-order valence-electron chi connectivity index (χ1n) is 12.6. The van der Waals surface area contributed by atoms with E-state index in [1.165, 1.54) is 40.5 Å². The number of thiophene rings is 1. The molecule has 10 nitrogen and oxygen atoms in total. The predicted octanol–water partition coefficient (Wildman–Crippen LogP) is 3.56. The quantitative estimate of drug-likeness (QED) is 0.171. The van der Waals surface area contributed by atoms with Crippen LogP contribution in [0.25, 0.3) is 5.69 Å². The molecule has 5 rings (SSSR count). The number of anilines is 1. The summed E-state index contributed by atoms with van der Waals surface area (Å²) in [6.07, 6.45) is 0.807. The molecule has 0 aliphatic carbocycles. The zero-order valence-corrected chi connectivity index (χ0v) is 23.7. The van der Waals surface area contributed by atoms with Gasteiger partial charge in [0.1, 0.15) is 10.8 Å². The molecule has 2 aromatic heterocycles. The van der Waals surface area contributed by atoms with Gasteiger partial charge in [0, 0.05) is 48.8 Å². The number of aromatic nitrogens is 2. The first kappa shape index (κ1) is 27.7. The molecule has 0 atom stereocenters. The van der Waals surface area contributed by atoms with Gasteiger partial charge in [-0.15, -0.1) is 11.3 Å². The highest BCUT2D eigenvalue weighted by molar-refractivity contribution is 7.99. The van der Waals surface area contributed by atoms with Crippen molar-refractivity contribution in [3.63, 3.8) is 0 Å². The standard InChI is InChI=1S/C28H28N4O6S2/c1-36-20-10-8-19(9-11-20)32-26(28(35)38-30-32)39-15-13-23(33)29-25-24(27(34)37-2)21-12-14-31(17-22(21)40-25)16-18-6-4-3-5-7-18/h3-11H,12-17H2,1-2H3,(H-,29,30,33,34,35). The number of thioether (sulfide) groups is 1. The molecule has 0 saturated heterocycles. The number of carbonyl (C=O) groups is 2. The van der Waals surface area contributed by atoms with Gasteiger partial charge in [0.25, 0.3) is 5.03 Å². The summed E-state index contributed by atoms with van der Waals surface area (Å²) in [6, 6.07) is 17.3. The molecule has 0 saturated carbocycles. The lowest BCUT2D eigenvalue weighted by Crippen LogP contribution is -2.34. The largest absolute Gasteiger partial charge is 0.538 e. The number of nitrogens with one attached hydrogen (secondary N) is 1. The van der Waals surface area contributed by atoms with Crippen LogP contribution in [0.3, 0.4) is 0 Å². The van der Waals surface area contributed by atoms with Gasteiger partial charge < -0.3 is 24.4 Å². The molecule has 0 unspecified atom stereocenters. The fourth-order valence-electron chi connectivity index (χ4n) is 4.52. The van der Waals surface area contributed by atoms with Crippen LogP contribution in [-0.2, 0) is 29.0 Å². The van der Waals surface area contributed by atoms with E-state index in [9.17, 15) is 14.7 Å². The molecular weight excluding hydrogens is 552 g/mol. The zero-order chi connectivity index (χ0) is 28.1. The smallest absolute Gasteiger partial charge is 0.341 e. The summed E-state index contributed by atoms with van der Waals surface area (Å²) in [4.78, 5) is 29.0. The average molecular weight is 581 g/mol. The minimum Gasteiger partial charge on any atom is -0.538 e. The maximum atomic E-state index is 12.9. The predicted molar refractivity (Wildman–Crippen MR) is 148 cm³/mol. The first-order chi connectivity index (χ1) is 19.5. The fraction of sp³-hybridized carbons (Fsp3) is 0.286. The highest BCUT2D eigenvalue weighted by Crippen LogP contribution is 2.38. The molecular formula is C28H28N4O6S2. The van der Waals surface area contributed by atoms with Gasteiger partial charge in [0.2, 0.25) is 11.6 Å². The second-order valence-corrected chi connectivity index (χ2v) is 11.3. The Morgan fingerprint density at radius 3 is 2.67 bits per heavy atom. The number of benzene rings is 2. The van der Waals surface area contributed by atoms with Crippen molar-refractivity contribution in [2.75, 3.05) is 31.8 Å². The molecule has 0 bridgehead atoms. The zero-order valence-electron chi connectivity index (χ0n) is 22.0. The molecule has 3 heterocycles. The van der Waals surface area contributed by atoms with Gasteiger partial charge in [-0.05, 0) is 34.4 Å². The Bertz CT molecular complexity index is 1490. The van der Waals surface area contributed by atoms with Crippen LogP contribution in [0.2, 0.25) is 0 Å². The van der Waals surface area contributed by atoms with Crippen molar-refractivity contribution in [1.29, 1.82) is 0 Å². The minimum absolute atomic E-state index is 0.112. The number of hydrogen-bond acceptors (Lipinski definition) is 10. The van der Waals surface area contributed by atoms with Gasteiger partial charge in [0.15, 0.2) is 5.95 Å². The number of methoxy groups -OCH3 is 2. The molecule has 1 N–H and O–H groups in total. The molecule has 0 spiro atoms. The van der Waals surface area contributed by atoms with Gasteiger partial charge in [-0.25, -0.2) is 4.79 Å². The van der Waals surface area contributed by atoms with E-state index >= 15 is 0 Å². The van der Waals surface area contributed by atoms with Crippen molar-refractivity contribution >= 4 is 40.0 Å². The van der Waals surface area contributed by atoms with E-state index in [1.54, 1.807) is 31.4 Å². The SMILES string of the molecule is COC(=O)c1c(NC(=O)CCSc2c([O-])on[n+]2-c2ccc(OC)cc2)sc2c1CCN(Cc1ccccc1)C2. The Balaban J connectivity index is 1.24. The van der Waals surface area contributed by atoms with Crippen molar-refractivity contribution in [2.45, 2.75) is 31.0 Å². The van der Waals surface area contributed by atoms with Crippen molar-refractivity contribution in [3.8, 4) is 17.4 Å². The van der Waals surface area contributed by atoms with Crippen LogP contribution < -0.4 is 19.8 Å². The Hall–Kier alpha value is -3.87. The third-order valence-corrected chi connectivity index (χ3v) is 8.64. The molecule has 40 heavy (non-hydrogen) atoms. The number of carbonyl (C=O) groups excluding carboxylic acids is 2. The van der Waals surface area contributed by atoms with Crippen LogP contribution in [0, 0.1) is 0 Å². The van der Waals surface area contributed by atoms with Gasteiger partial charge in [-0.1, -0.05) is 42.1 Å². The molecule has 2 aromatic carbocycles. The lowest BCUT2D eigenvalue weighted by Gasteiger charge is -2.27. The van der Waals surface area contributed by atoms with E-state index in [-0.39, 0.29) is 17.4 Å². The van der Waals surface area contributed by atoms with E-state index in [0.29, 0.717) is 40.7 Å². The Morgan fingerprint density at radius 1 is 1.18 bits per heavy atom. The highest BCUT2D eigenvalue weighted by Gasteiger charge is 2.29. The summed E-state index contributed by atoms with van der Waals surface area (Å²) in [6.45, 7) is 2.30. The Morgan fingerprint density at radius 2 is 1.95 bits per heavy atom. The van der Waals surface area contributed by atoms with E-state index in [0.717, 1.165) is 23.5 Å². The monoisotopic (exact) mass is 580 g/mol. The van der Waals surface area contributed by atoms with E-state index < -0.39 is 11.9 Å². The van der Waals surface area contributed by atoms with Crippen LogP contribution in [0.5, 0.6) is 11.7 Å². The summed E-state index contributed by atoms with van der Waals surface area (Å²) in [5, 5.41) is 19.8. The normalized spacial score (nSPS) is 13.1. The number of fused-ring (bicyclic) bond motifs is 1. The maximum Gasteiger partial charge on any atom is 0.341 e.